The Morgan fingerprint density at radius 2 is 1.70 bits per heavy atom. The first-order valence-electron chi connectivity index (χ1n) is 14.4. The Bertz CT molecular complexity index is 1700. The molecule has 1 atom stereocenters. The summed E-state index contributed by atoms with van der Waals surface area (Å²) >= 11 is 0. The molecule has 0 bridgehead atoms. The van der Waals surface area contributed by atoms with Crippen molar-refractivity contribution in [3.8, 4) is 11.1 Å². The number of aliphatic hydroxyl groups is 1. The summed E-state index contributed by atoms with van der Waals surface area (Å²) in [6.07, 6.45) is 2.81. The fourth-order valence-electron chi connectivity index (χ4n) is 5.04. The van der Waals surface area contributed by atoms with E-state index in [1.807, 2.05) is 36.4 Å². The van der Waals surface area contributed by atoms with Gasteiger partial charge in [-0.1, -0.05) is 78.9 Å². The summed E-state index contributed by atoms with van der Waals surface area (Å²) in [5.74, 6) is -0.442. The third kappa shape index (κ3) is 8.61. The predicted molar refractivity (Wildman–Crippen MR) is 173 cm³/mol. The fourth-order valence-corrected chi connectivity index (χ4v) is 6.46. The highest BCUT2D eigenvalue weighted by Gasteiger charge is 2.27. The van der Waals surface area contributed by atoms with Gasteiger partial charge < -0.3 is 15.2 Å². The standard InChI is InChI=1S/C35H40N2O5S/c1-5-42-34(39)20-18-26-11-10-14-30(21-26)32-15-8-9-16-33(32)43(40,41)37(4)25-31(38)24-36-35(2,3)23-27-17-19-28-12-6-7-13-29(28)22-27/h6-22,31,36,38H,5,23-25H2,1-4H3. The topological polar surface area (TPSA) is 95.9 Å². The van der Waals surface area contributed by atoms with Gasteiger partial charge in [0, 0.05) is 37.3 Å². The Kier molecular flexibility index (Phi) is 10.5. The van der Waals surface area contributed by atoms with Gasteiger partial charge in [0.2, 0.25) is 10.0 Å². The second kappa shape index (κ2) is 14.1. The number of sulfonamides is 1. The maximum absolute atomic E-state index is 13.7. The Morgan fingerprint density at radius 3 is 2.47 bits per heavy atom. The smallest absolute Gasteiger partial charge is 0.330 e. The first-order chi connectivity index (χ1) is 20.5. The van der Waals surface area contributed by atoms with E-state index in [-0.39, 0.29) is 30.1 Å². The number of rotatable bonds is 13. The lowest BCUT2D eigenvalue weighted by atomic mass is 9.93. The molecule has 0 fully saturated rings. The van der Waals surface area contributed by atoms with Crippen molar-refractivity contribution >= 4 is 32.8 Å². The van der Waals surface area contributed by atoms with Gasteiger partial charge in [-0.3, -0.25) is 0 Å². The number of benzene rings is 4. The number of ether oxygens (including phenoxy) is 1. The highest BCUT2D eigenvalue weighted by atomic mass is 32.2. The summed E-state index contributed by atoms with van der Waals surface area (Å²) in [6, 6.07) is 28.7. The Hall–Kier alpha value is -3.82. The zero-order valence-corrected chi connectivity index (χ0v) is 26.0. The van der Waals surface area contributed by atoms with E-state index in [2.05, 4.69) is 49.5 Å². The third-order valence-corrected chi connectivity index (χ3v) is 9.10. The highest BCUT2D eigenvalue weighted by molar-refractivity contribution is 7.89. The van der Waals surface area contributed by atoms with Crippen LogP contribution in [0, 0.1) is 0 Å². The van der Waals surface area contributed by atoms with Crippen molar-refractivity contribution in [2.45, 2.75) is 43.7 Å². The molecule has 4 aromatic carbocycles. The number of hydrogen-bond acceptors (Lipinski definition) is 6. The number of hydrogen-bond donors (Lipinski definition) is 2. The van der Waals surface area contributed by atoms with E-state index in [9.17, 15) is 18.3 Å². The summed E-state index contributed by atoms with van der Waals surface area (Å²) in [4.78, 5) is 11.9. The van der Waals surface area contributed by atoms with Crippen molar-refractivity contribution in [3.63, 3.8) is 0 Å². The van der Waals surface area contributed by atoms with Crippen LogP contribution in [-0.2, 0) is 26.0 Å². The second-order valence-corrected chi connectivity index (χ2v) is 13.3. The largest absolute Gasteiger partial charge is 0.463 e. The number of β-amino-alcohol motifs (C(OH)–C–C–N with tert-alkyl or cyclic N) is 1. The molecular weight excluding hydrogens is 560 g/mol. The minimum absolute atomic E-state index is 0.0714. The average Bonchev–Trinajstić information content (AvgIpc) is 2.99. The molecule has 0 heterocycles. The Labute approximate surface area is 254 Å². The number of nitrogens with zero attached hydrogens (tertiary/aromatic N) is 1. The molecule has 8 heteroatoms. The number of carbonyl (C=O) groups excluding carboxylic acids is 1. The molecule has 0 amide bonds. The van der Waals surface area contributed by atoms with Crippen molar-refractivity contribution in [3.05, 3.63) is 108 Å². The van der Waals surface area contributed by atoms with E-state index in [4.69, 9.17) is 4.74 Å². The number of nitrogens with one attached hydrogen (secondary N) is 1. The number of carbonyl (C=O) groups is 1. The molecule has 2 N–H and O–H groups in total. The van der Waals surface area contributed by atoms with Gasteiger partial charge in [-0.05, 0) is 72.9 Å². The number of esters is 1. The molecular formula is C35H40N2O5S. The molecule has 4 rings (SSSR count). The molecule has 7 nitrogen and oxygen atoms in total. The molecule has 0 radical (unpaired) electrons. The van der Waals surface area contributed by atoms with Crippen LogP contribution in [0.4, 0.5) is 0 Å². The van der Waals surface area contributed by atoms with Gasteiger partial charge in [-0.15, -0.1) is 0 Å². The third-order valence-electron chi connectivity index (χ3n) is 7.22. The number of fused-ring (bicyclic) bond motifs is 1. The van der Waals surface area contributed by atoms with Crippen LogP contribution in [0.5, 0.6) is 0 Å². The van der Waals surface area contributed by atoms with E-state index < -0.39 is 22.1 Å². The molecule has 43 heavy (non-hydrogen) atoms. The second-order valence-electron chi connectivity index (χ2n) is 11.3. The van der Waals surface area contributed by atoms with Gasteiger partial charge in [-0.25, -0.2) is 13.2 Å². The first kappa shape index (κ1) is 32.1. The van der Waals surface area contributed by atoms with Crippen LogP contribution in [0.1, 0.15) is 31.9 Å². The molecule has 0 saturated heterocycles. The van der Waals surface area contributed by atoms with Crippen LogP contribution in [-0.4, -0.2) is 62.2 Å². The maximum Gasteiger partial charge on any atom is 0.330 e. The summed E-state index contributed by atoms with van der Waals surface area (Å²) in [7, 11) is -2.45. The van der Waals surface area contributed by atoms with Crippen LogP contribution in [0.3, 0.4) is 0 Å². The molecule has 0 aliphatic heterocycles. The molecule has 226 valence electrons. The van der Waals surface area contributed by atoms with E-state index in [0.29, 0.717) is 11.1 Å². The molecule has 4 aromatic rings. The van der Waals surface area contributed by atoms with Crippen LogP contribution < -0.4 is 5.32 Å². The lowest BCUT2D eigenvalue weighted by molar-refractivity contribution is -0.137. The van der Waals surface area contributed by atoms with Crippen LogP contribution >= 0.6 is 0 Å². The van der Waals surface area contributed by atoms with Crippen molar-refractivity contribution in [1.29, 1.82) is 0 Å². The zero-order valence-electron chi connectivity index (χ0n) is 25.2. The first-order valence-corrected chi connectivity index (χ1v) is 15.8. The van der Waals surface area contributed by atoms with Gasteiger partial charge in [0.25, 0.3) is 0 Å². The Morgan fingerprint density at radius 1 is 0.977 bits per heavy atom. The summed E-state index contributed by atoms with van der Waals surface area (Å²) in [5.41, 5.74) is 2.82. The average molecular weight is 601 g/mol. The fraction of sp³-hybridized carbons (Fsp3) is 0.286. The molecule has 0 aliphatic carbocycles. The van der Waals surface area contributed by atoms with Gasteiger partial charge in [0.15, 0.2) is 0 Å². The van der Waals surface area contributed by atoms with E-state index in [1.165, 1.54) is 33.8 Å². The summed E-state index contributed by atoms with van der Waals surface area (Å²) < 4.78 is 33.5. The molecule has 0 spiro atoms. The predicted octanol–water partition coefficient (Wildman–Crippen LogP) is 5.68. The van der Waals surface area contributed by atoms with Crippen molar-refractivity contribution in [2.75, 3.05) is 26.7 Å². The number of likely N-dealkylation sites (N-methyl/N-ethyl adjacent to an activating group) is 1. The zero-order chi connectivity index (χ0) is 31.0. The summed E-state index contributed by atoms with van der Waals surface area (Å²) in [6.45, 7) is 6.33. The van der Waals surface area contributed by atoms with Crippen LogP contribution in [0.15, 0.2) is 102 Å². The van der Waals surface area contributed by atoms with E-state index in [0.717, 1.165) is 12.0 Å². The van der Waals surface area contributed by atoms with Gasteiger partial charge in [0.05, 0.1) is 17.6 Å². The van der Waals surface area contributed by atoms with Gasteiger partial charge >= 0.3 is 5.97 Å². The van der Waals surface area contributed by atoms with Crippen LogP contribution in [0.2, 0.25) is 0 Å². The van der Waals surface area contributed by atoms with Crippen molar-refractivity contribution in [2.24, 2.45) is 0 Å². The highest BCUT2D eigenvalue weighted by Crippen LogP contribution is 2.30. The van der Waals surface area contributed by atoms with Crippen LogP contribution in [0.25, 0.3) is 28.0 Å². The normalized spacial score (nSPS) is 13.1. The van der Waals surface area contributed by atoms with Gasteiger partial charge in [-0.2, -0.15) is 4.31 Å². The molecule has 0 saturated carbocycles. The lowest BCUT2D eigenvalue weighted by Gasteiger charge is -2.29. The summed E-state index contributed by atoms with van der Waals surface area (Å²) in [5, 5.41) is 16.6. The minimum atomic E-state index is -3.93. The maximum atomic E-state index is 13.7. The Balaban J connectivity index is 1.42. The monoisotopic (exact) mass is 600 g/mol. The van der Waals surface area contributed by atoms with Crippen molar-refractivity contribution < 1.29 is 23.1 Å². The number of aliphatic hydroxyl groups excluding tert-OH is 1. The van der Waals surface area contributed by atoms with E-state index >= 15 is 0 Å². The van der Waals surface area contributed by atoms with Gasteiger partial charge in [0.1, 0.15) is 0 Å². The quantitative estimate of drug-likeness (QED) is 0.152. The molecule has 0 aliphatic rings. The SMILES string of the molecule is CCOC(=O)C=Cc1cccc(-c2ccccc2S(=O)(=O)N(C)CC(O)CNC(C)(C)Cc2ccc3ccccc3c2)c1. The molecule has 0 aromatic heterocycles. The minimum Gasteiger partial charge on any atom is -0.463 e. The molecule has 1 unspecified atom stereocenters. The van der Waals surface area contributed by atoms with E-state index in [1.54, 1.807) is 37.3 Å². The van der Waals surface area contributed by atoms with Crippen molar-refractivity contribution in [1.82, 2.24) is 9.62 Å². The lowest BCUT2D eigenvalue weighted by Crippen LogP contribution is -2.47.